The molecule has 0 spiro atoms. The van der Waals surface area contributed by atoms with Crippen LogP contribution in [0.5, 0.6) is 34.5 Å². The highest BCUT2D eigenvalue weighted by Crippen LogP contribution is 2.66. The van der Waals surface area contributed by atoms with Gasteiger partial charge in [0.25, 0.3) is 11.6 Å². The summed E-state index contributed by atoms with van der Waals surface area (Å²) in [5.74, 6) is -37.0. The van der Waals surface area contributed by atoms with Gasteiger partial charge in [-0.1, -0.05) is 0 Å². The molecule has 2 bridgehead atoms. The summed E-state index contributed by atoms with van der Waals surface area (Å²) < 4.78 is 37.5. The molecule has 11 atom stereocenters. The molecule has 0 aromatic heterocycles. The van der Waals surface area contributed by atoms with E-state index in [0.717, 1.165) is 0 Å². The van der Waals surface area contributed by atoms with E-state index in [-0.39, 0.29) is 0 Å². The Morgan fingerprint density at radius 1 is 0.552 bits per heavy atom. The lowest BCUT2D eigenvalue weighted by Gasteiger charge is -2.52. The molecule has 4 fully saturated rings. The summed E-state index contributed by atoms with van der Waals surface area (Å²) in [6, 6.07) is 0.937. The molecular formula is C34H24O24. The molecule has 2 aromatic rings. The van der Waals surface area contributed by atoms with Gasteiger partial charge in [0, 0.05) is 11.1 Å². The van der Waals surface area contributed by atoms with E-state index >= 15 is 0 Å². The van der Waals surface area contributed by atoms with Crippen molar-refractivity contribution < 1.29 is 118 Å². The summed E-state index contributed by atoms with van der Waals surface area (Å²) in [6.45, 7) is -1.13. The monoisotopic (exact) mass is 816 g/mol. The number of benzene rings is 2. The lowest BCUT2D eigenvalue weighted by molar-refractivity contribution is -0.516. The first-order valence-electron chi connectivity index (χ1n) is 16.6. The third-order valence-corrected chi connectivity index (χ3v) is 11.1. The zero-order valence-corrected chi connectivity index (χ0v) is 28.3. The molecule has 58 heavy (non-hydrogen) atoms. The van der Waals surface area contributed by atoms with Crippen molar-refractivity contribution in [3.63, 3.8) is 0 Å². The number of aliphatic hydroxyl groups is 5. The number of phenols is 6. The van der Waals surface area contributed by atoms with Crippen LogP contribution in [0, 0.1) is 11.8 Å². The van der Waals surface area contributed by atoms with Gasteiger partial charge in [0.15, 0.2) is 47.6 Å². The summed E-state index contributed by atoms with van der Waals surface area (Å²) in [6.07, 6.45) is -10.7. The first kappa shape index (κ1) is 37.2. The standard InChI is InChI=1S/C34H24O24/c35-10-1-6-15(21(41)19(10)39)16-7(2-11(36)20(40)22(16)42)28(45)56-25-24(55-27(6)44)23-12(53-30(25)47)5-52-26(43)8-3-13(37)31(48)33(50)17(8)18-9(29(46)54-23)4-14(38)32(49,57-31)34(18,51)58-33/h1-4,12,17-18,23-25,30,35-36,39-42,47-51H,5H2. The van der Waals surface area contributed by atoms with Crippen LogP contribution in [0.4, 0.5) is 0 Å². The molecule has 4 saturated heterocycles. The van der Waals surface area contributed by atoms with Crippen LogP contribution < -0.4 is 0 Å². The van der Waals surface area contributed by atoms with Crippen molar-refractivity contribution in [1.82, 2.24) is 0 Å². The number of carbonyl (C=O) groups is 6. The molecule has 5 heterocycles. The van der Waals surface area contributed by atoms with Gasteiger partial charge in [0.05, 0.1) is 34.1 Å². The lowest BCUT2D eigenvalue weighted by atomic mass is 9.67. The third kappa shape index (κ3) is 4.33. The second kappa shape index (κ2) is 11.4. The van der Waals surface area contributed by atoms with Crippen LogP contribution >= 0.6 is 0 Å². The van der Waals surface area contributed by atoms with Gasteiger partial charge in [-0.05, 0) is 24.3 Å². The molecule has 5 aliphatic heterocycles. The first-order chi connectivity index (χ1) is 27.1. The maximum absolute atomic E-state index is 14.3. The van der Waals surface area contributed by atoms with E-state index in [1.807, 2.05) is 0 Å². The minimum absolute atomic E-state index is 0.302. The molecular weight excluding hydrogens is 792 g/mol. The topological polar surface area (TPSA) is 390 Å². The van der Waals surface area contributed by atoms with Crippen LogP contribution in [0.15, 0.2) is 35.4 Å². The van der Waals surface area contributed by atoms with Crippen LogP contribution in [0.2, 0.25) is 0 Å². The molecule has 9 rings (SSSR count). The highest BCUT2D eigenvalue weighted by molar-refractivity contribution is 6.11. The van der Waals surface area contributed by atoms with E-state index in [9.17, 15) is 84.9 Å². The van der Waals surface area contributed by atoms with E-state index in [4.69, 9.17) is 33.2 Å². The molecule has 11 unspecified atom stereocenters. The van der Waals surface area contributed by atoms with Gasteiger partial charge in [-0.2, -0.15) is 0 Å². The molecule has 11 N–H and O–H groups in total. The number of phenolic OH excluding ortho intramolecular Hbond substituents is 6. The molecule has 24 nitrogen and oxygen atoms in total. The van der Waals surface area contributed by atoms with E-state index in [1.165, 1.54) is 0 Å². The Kier molecular flexibility index (Phi) is 7.31. The number of ether oxygens (including phenoxy) is 7. The van der Waals surface area contributed by atoms with Gasteiger partial charge < -0.3 is 84.6 Å². The highest BCUT2D eigenvalue weighted by atomic mass is 16.9. The number of fused-ring (bicyclic) bond motifs is 6. The zero-order valence-electron chi connectivity index (χ0n) is 28.3. The van der Waals surface area contributed by atoms with Gasteiger partial charge >= 0.3 is 23.9 Å². The number of aromatic hydroxyl groups is 6. The number of hydrogen-bond donors (Lipinski definition) is 11. The zero-order chi connectivity index (χ0) is 41.9. The lowest BCUT2D eigenvalue weighted by Crippen LogP contribution is -2.78. The maximum atomic E-state index is 14.3. The van der Waals surface area contributed by atoms with Crippen molar-refractivity contribution in [3.8, 4) is 45.6 Å². The molecule has 2 aromatic carbocycles. The summed E-state index contributed by atoms with van der Waals surface area (Å²) in [7, 11) is 0. The fourth-order valence-electron chi connectivity index (χ4n) is 8.35. The second-order valence-electron chi connectivity index (χ2n) is 14.1. The van der Waals surface area contributed by atoms with Crippen LogP contribution in [0.25, 0.3) is 11.1 Å². The Bertz CT molecular complexity index is 2440. The predicted molar refractivity (Wildman–Crippen MR) is 167 cm³/mol. The van der Waals surface area contributed by atoms with Crippen LogP contribution in [0.3, 0.4) is 0 Å². The number of esters is 4. The van der Waals surface area contributed by atoms with Crippen LogP contribution in [-0.2, 0) is 52.3 Å². The maximum Gasteiger partial charge on any atom is 0.339 e. The molecule has 0 saturated carbocycles. The normalized spacial score (nSPS) is 38.6. The van der Waals surface area contributed by atoms with Crippen molar-refractivity contribution in [1.29, 1.82) is 0 Å². The molecule has 2 aliphatic carbocycles. The Morgan fingerprint density at radius 3 is 1.50 bits per heavy atom. The van der Waals surface area contributed by atoms with Gasteiger partial charge in [-0.25, -0.2) is 19.2 Å². The number of cyclic esters (lactones) is 1. The molecule has 0 amide bonds. The van der Waals surface area contributed by atoms with Gasteiger partial charge in [0.1, 0.15) is 12.7 Å². The van der Waals surface area contributed by atoms with Crippen molar-refractivity contribution in [2.45, 2.75) is 53.9 Å². The Labute approximate surface area is 318 Å². The third-order valence-electron chi connectivity index (χ3n) is 11.1. The van der Waals surface area contributed by atoms with E-state index in [2.05, 4.69) is 0 Å². The Balaban J connectivity index is 1.21. The van der Waals surface area contributed by atoms with E-state index < -0.39 is 176 Å². The molecule has 304 valence electrons. The summed E-state index contributed by atoms with van der Waals surface area (Å²) in [5.41, 5.74) is -5.94. The van der Waals surface area contributed by atoms with Crippen molar-refractivity contribution in [2.24, 2.45) is 11.8 Å². The summed E-state index contributed by atoms with van der Waals surface area (Å²) >= 11 is 0. The highest BCUT2D eigenvalue weighted by Gasteiger charge is 2.88. The van der Waals surface area contributed by atoms with Gasteiger partial charge in [0.2, 0.25) is 34.6 Å². The SMILES string of the molecule is O=C1OCC2OC(O)C3OC(=O)c4cc(O)c(O)c(O)c4-c4c(cc(O)c(O)c4O)C(=O)OC3C2OC(=O)C2=CC(=O)C3(O)OC4(O)C(=O)C=C1C1C2C3(O)OC14O. The average Bonchev–Trinajstić information content (AvgIpc) is 3.41. The van der Waals surface area contributed by atoms with Crippen molar-refractivity contribution in [2.75, 3.05) is 6.61 Å². The van der Waals surface area contributed by atoms with E-state index in [0.29, 0.717) is 24.3 Å². The summed E-state index contributed by atoms with van der Waals surface area (Å²) in [4.78, 5) is 82.5. The number of aliphatic hydroxyl groups excluding tert-OH is 1. The Morgan fingerprint density at radius 2 is 1.00 bits per heavy atom. The largest absolute Gasteiger partial charge is 0.504 e. The minimum Gasteiger partial charge on any atom is -0.504 e. The molecule has 24 heteroatoms. The minimum atomic E-state index is -3.74. The number of hydrogen-bond acceptors (Lipinski definition) is 24. The van der Waals surface area contributed by atoms with Crippen molar-refractivity contribution >= 4 is 35.4 Å². The average molecular weight is 817 g/mol. The van der Waals surface area contributed by atoms with E-state index in [1.54, 1.807) is 0 Å². The summed E-state index contributed by atoms with van der Waals surface area (Å²) in [5, 5.41) is 120. The number of rotatable bonds is 0. The number of carbonyl (C=O) groups excluding carboxylic acids is 6. The van der Waals surface area contributed by atoms with Crippen molar-refractivity contribution in [3.05, 3.63) is 46.6 Å². The fraction of sp³-hybridized carbons (Fsp3) is 0.353. The fourth-order valence-corrected chi connectivity index (χ4v) is 8.35. The molecule has 0 radical (unpaired) electrons. The molecule has 7 aliphatic rings. The van der Waals surface area contributed by atoms with Crippen LogP contribution in [0.1, 0.15) is 20.7 Å². The first-order valence-corrected chi connectivity index (χ1v) is 16.6. The predicted octanol–water partition coefficient (Wildman–Crippen LogP) is -4.10. The van der Waals surface area contributed by atoms with Crippen LogP contribution in [-0.4, -0.2) is 152 Å². The number of ketones is 2. The smallest absolute Gasteiger partial charge is 0.339 e. The van der Waals surface area contributed by atoms with Gasteiger partial charge in [-0.3, -0.25) is 14.3 Å². The second-order valence-corrected chi connectivity index (χ2v) is 14.1. The van der Waals surface area contributed by atoms with Gasteiger partial charge in [-0.15, -0.1) is 0 Å². The Hall–Kier alpha value is -6.38. The quantitative estimate of drug-likeness (QED) is 0.0684.